The van der Waals surface area contributed by atoms with Crippen LogP contribution >= 0.6 is 0 Å². The van der Waals surface area contributed by atoms with E-state index in [-0.39, 0.29) is 23.9 Å². The van der Waals surface area contributed by atoms with Crippen LogP contribution in [0.1, 0.15) is 34.1 Å². The Morgan fingerprint density at radius 1 is 0.380 bits per heavy atom. The van der Waals surface area contributed by atoms with Crippen molar-refractivity contribution in [2.24, 2.45) is 10.2 Å². The summed E-state index contributed by atoms with van der Waals surface area (Å²) >= 11 is 0. The molecule has 8 rings (SSSR count). The number of para-hydroxylation sites is 2. The lowest BCUT2D eigenvalue weighted by atomic mass is 9.85. The molecule has 6 aromatic rings. The minimum Gasteiger partial charge on any atom is -0.257 e. The summed E-state index contributed by atoms with van der Waals surface area (Å²) < 4.78 is 0. The predicted octanol–water partition coefficient (Wildman–Crippen LogP) is 10.5. The molecule has 0 saturated carbocycles. The summed E-state index contributed by atoms with van der Waals surface area (Å²) in [6, 6.07) is 62.8. The molecule has 2 aliphatic heterocycles. The monoisotopic (exact) mass is 648 g/mol. The van der Waals surface area contributed by atoms with Crippen LogP contribution in [0.4, 0.5) is 11.4 Å². The van der Waals surface area contributed by atoms with Crippen LogP contribution in [0, 0.1) is 0 Å². The molecule has 4 nitrogen and oxygen atoms in total. The molecule has 2 heterocycles. The maximum atomic E-state index is 5.02. The van der Waals surface area contributed by atoms with Gasteiger partial charge < -0.3 is 0 Å². The van der Waals surface area contributed by atoms with Crippen molar-refractivity contribution >= 4 is 22.8 Å². The third-order valence-corrected chi connectivity index (χ3v) is 9.25. The molecular weight excluding hydrogens is 609 g/mol. The summed E-state index contributed by atoms with van der Waals surface area (Å²) in [6.45, 7) is 8.21. The second kappa shape index (κ2) is 15.3. The van der Waals surface area contributed by atoms with Crippen molar-refractivity contribution in [1.29, 1.82) is 0 Å². The number of hydrogen-bond acceptors (Lipinski definition) is 4. The van der Waals surface area contributed by atoms with Gasteiger partial charge in [-0.25, -0.2) is 0 Å². The number of benzene rings is 6. The number of hydrazone groups is 2. The van der Waals surface area contributed by atoms with Crippen LogP contribution in [-0.2, 0) is 0 Å². The summed E-state index contributed by atoms with van der Waals surface area (Å²) in [5.41, 5.74) is 9.16. The van der Waals surface area contributed by atoms with Gasteiger partial charge in [-0.1, -0.05) is 170 Å². The highest BCUT2D eigenvalue weighted by atomic mass is 15.5. The highest BCUT2D eigenvalue weighted by Gasteiger charge is 2.39. The largest absolute Gasteiger partial charge is 0.257 e. The van der Waals surface area contributed by atoms with Crippen LogP contribution in [0.5, 0.6) is 0 Å². The molecular formula is C46H40N4. The molecule has 50 heavy (non-hydrogen) atoms. The van der Waals surface area contributed by atoms with Gasteiger partial charge in [0.2, 0.25) is 0 Å². The Morgan fingerprint density at radius 3 is 0.960 bits per heavy atom. The fourth-order valence-corrected chi connectivity index (χ4v) is 6.91. The number of anilines is 2. The lowest BCUT2D eigenvalue weighted by Crippen LogP contribution is -2.30. The van der Waals surface area contributed by atoms with E-state index in [1.807, 2.05) is 60.7 Å². The van der Waals surface area contributed by atoms with Crippen molar-refractivity contribution in [2.75, 3.05) is 10.0 Å². The Kier molecular flexibility index (Phi) is 9.89. The molecule has 0 unspecified atom stereocenters. The van der Waals surface area contributed by atoms with E-state index in [2.05, 4.69) is 157 Å². The second-order valence-electron chi connectivity index (χ2n) is 12.3. The van der Waals surface area contributed by atoms with Crippen LogP contribution in [0.3, 0.4) is 0 Å². The Labute approximate surface area is 295 Å². The zero-order chi connectivity index (χ0) is 34.1. The fraction of sp³-hybridized carbons (Fsp3) is 0.0870. The number of nitrogens with zero attached hydrogens (tertiary/aromatic N) is 4. The van der Waals surface area contributed by atoms with Crippen molar-refractivity contribution in [2.45, 2.75) is 23.9 Å². The quantitative estimate of drug-likeness (QED) is 0.154. The van der Waals surface area contributed by atoms with Crippen LogP contribution in [0.25, 0.3) is 0 Å². The summed E-state index contributed by atoms with van der Waals surface area (Å²) in [6.07, 6.45) is 4.01. The van der Waals surface area contributed by atoms with Gasteiger partial charge >= 0.3 is 0 Å². The molecule has 4 atom stereocenters. The molecule has 0 spiro atoms. The van der Waals surface area contributed by atoms with E-state index in [0.717, 1.165) is 33.9 Å². The molecule has 0 amide bonds. The van der Waals surface area contributed by atoms with Crippen molar-refractivity contribution in [3.8, 4) is 0 Å². The van der Waals surface area contributed by atoms with Gasteiger partial charge in [0.1, 0.15) is 0 Å². The van der Waals surface area contributed by atoms with Crippen molar-refractivity contribution in [3.05, 3.63) is 230 Å². The SMILES string of the molecule is C=C[C@@H]1[C@@H](c2ccccc2)C(c2ccccc2)=NN1c1ccccc1.C=C[C@H]1[C@H](c2ccccc2)C(c2ccccc2)=NN1c1ccccc1. The molecule has 0 saturated heterocycles. The van der Waals surface area contributed by atoms with E-state index in [4.69, 9.17) is 10.2 Å². The van der Waals surface area contributed by atoms with Gasteiger partial charge in [0.15, 0.2) is 0 Å². The third-order valence-electron chi connectivity index (χ3n) is 9.25. The zero-order valence-electron chi connectivity index (χ0n) is 28.0. The van der Waals surface area contributed by atoms with E-state index in [0.29, 0.717) is 0 Å². The van der Waals surface area contributed by atoms with Gasteiger partial charge in [-0.15, -0.1) is 13.2 Å². The minimum atomic E-state index is 0.0833. The first-order chi connectivity index (χ1) is 24.8. The second-order valence-corrected chi connectivity index (χ2v) is 12.3. The van der Waals surface area contributed by atoms with Gasteiger partial charge in [-0.2, -0.15) is 10.2 Å². The normalized spacial score (nSPS) is 19.5. The molecule has 2 aliphatic rings. The average Bonchev–Trinajstić information content (AvgIpc) is 3.80. The van der Waals surface area contributed by atoms with Crippen LogP contribution in [0.15, 0.2) is 218 Å². The van der Waals surface area contributed by atoms with Gasteiger partial charge in [0.05, 0.1) is 46.7 Å². The van der Waals surface area contributed by atoms with E-state index >= 15 is 0 Å². The van der Waals surface area contributed by atoms with Gasteiger partial charge in [0.25, 0.3) is 0 Å². The van der Waals surface area contributed by atoms with E-state index in [1.54, 1.807) is 0 Å². The molecule has 0 fully saturated rings. The van der Waals surface area contributed by atoms with Crippen LogP contribution in [-0.4, -0.2) is 23.5 Å². The molecule has 244 valence electrons. The van der Waals surface area contributed by atoms with Crippen molar-refractivity contribution < 1.29 is 0 Å². The van der Waals surface area contributed by atoms with Crippen molar-refractivity contribution in [1.82, 2.24) is 0 Å². The molecule has 4 heteroatoms. The average molecular weight is 649 g/mol. The van der Waals surface area contributed by atoms with Crippen LogP contribution < -0.4 is 10.0 Å². The summed E-state index contributed by atoms with van der Waals surface area (Å²) in [5, 5.41) is 14.2. The van der Waals surface area contributed by atoms with Gasteiger partial charge in [-0.05, 0) is 46.5 Å². The molecule has 0 aliphatic carbocycles. The van der Waals surface area contributed by atoms with Crippen molar-refractivity contribution in [3.63, 3.8) is 0 Å². The van der Waals surface area contributed by atoms with Crippen LogP contribution in [0.2, 0.25) is 0 Å². The zero-order valence-corrected chi connectivity index (χ0v) is 28.0. The molecule has 6 aromatic carbocycles. The topological polar surface area (TPSA) is 31.2 Å². The van der Waals surface area contributed by atoms with E-state index in [9.17, 15) is 0 Å². The fourth-order valence-electron chi connectivity index (χ4n) is 6.91. The maximum absolute atomic E-state index is 5.02. The first-order valence-corrected chi connectivity index (χ1v) is 17.1. The first-order valence-electron chi connectivity index (χ1n) is 17.1. The summed E-state index contributed by atoms with van der Waals surface area (Å²) in [4.78, 5) is 0. The number of hydrogen-bond donors (Lipinski definition) is 0. The number of rotatable bonds is 8. The van der Waals surface area contributed by atoms with E-state index in [1.165, 1.54) is 11.1 Å². The maximum Gasteiger partial charge on any atom is 0.0829 e. The summed E-state index contributed by atoms with van der Waals surface area (Å²) in [5.74, 6) is 0.308. The molecule has 0 bridgehead atoms. The Balaban J connectivity index is 0.000000157. The minimum absolute atomic E-state index is 0.0833. The molecule has 0 radical (unpaired) electrons. The Hall–Kier alpha value is -6.26. The Bertz CT molecular complexity index is 1890. The highest BCUT2D eigenvalue weighted by molar-refractivity contribution is 6.09. The van der Waals surface area contributed by atoms with E-state index < -0.39 is 0 Å². The molecule has 0 aromatic heterocycles. The smallest absolute Gasteiger partial charge is 0.0829 e. The first kappa shape index (κ1) is 32.3. The third kappa shape index (κ3) is 6.69. The molecule has 0 N–H and O–H groups in total. The lowest BCUT2D eigenvalue weighted by Gasteiger charge is -2.25. The predicted molar refractivity (Wildman–Crippen MR) is 210 cm³/mol. The Morgan fingerprint density at radius 2 is 0.660 bits per heavy atom. The highest BCUT2D eigenvalue weighted by Crippen LogP contribution is 2.39. The van der Waals surface area contributed by atoms with Gasteiger partial charge in [0, 0.05) is 0 Å². The lowest BCUT2D eigenvalue weighted by molar-refractivity contribution is 0.723. The standard InChI is InChI=1S/2C23H20N2/c2*1-2-21-22(18-12-6-3-7-13-18)23(19-14-8-4-9-15-19)24-25(21)20-16-10-5-11-17-20/h2*2-17,21-22H,1H2/t2*21-,22-/m10/s1. The summed E-state index contributed by atoms with van der Waals surface area (Å²) in [7, 11) is 0. The van der Waals surface area contributed by atoms with Gasteiger partial charge in [-0.3, -0.25) is 10.0 Å².